The summed E-state index contributed by atoms with van der Waals surface area (Å²) in [6, 6.07) is 1.08. The summed E-state index contributed by atoms with van der Waals surface area (Å²) in [6.07, 6.45) is 4.67. The molecule has 5 nitrogen and oxygen atoms in total. The van der Waals surface area contributed by atoms with Crippen LogP contribution in [0.2, 0.25) is 0 Å². The third-order valence-electron chi connectivity index (χ3n) is 4.61. The number of hydrogen-bond acceptors (Lipinski definition) is 3. The average molecular weight is 251 g/mol. The molecule has 3 heterocycles. The Labute approximate surface area is 107 Å². The molecule has 18 heavy (non-hydrogen) atoms. The van der Waals surface area contributed by atoms with Crippen molar-refractivity contribution in [3.63, 3.8) is 0 Å². The second kappa shape index (κ2) is 4.53. The number of amides is 2. The lowest BCUT2D eigenvalue weighted by molar-refractivity contribution is -0.134. The molecule has 3 fully saturated rings. The lowest BCUT2D eigenvalue weighted by atomic mass is 9.88. The van der Waals surface area contributed by atoms with E-state index in [1.54, 1.807) is 11.9 Å². The Hall–Kier alpha value is -1.10. The maximum atomic E-state index is 12.2. The van der Waals surface area contributed by atoms with Crippen molar-refractivity contribution in [3.8, 4) is 0 Å². The third kappa shape index (κ3) is 2.11. The summed E-state index contributed by atoms with van der Waals surface area (Å²) in [6.45, 7) is 0.652. The van der Waals surface area contributed by atoms with E-state index in [2.05, 4.69) is 10.6 Å². The smallest absolute Gasteiger partial charge is 0.225 e. The van der Waals surface area contributed by atoms with Crippen molar-refractivity contribution >= 4 is 11.8 Å². The Bertz CT molecular complexity index is 371. The number of likely N-dealkylation sites (tertiary alicyclic amines) is 1. The van der Waals surface area contributed by atoms with E-state index in [9.17, 15) is 9.59 Å². The number of piperidine rings is 1. The minimum atomic E-state index is 0.138. The number of rotatable bonds is 2. The van der Waals surface area contributed by atoms with Crippen LogP contribution in [0, 0.1) is 5.92 Å². The summed E-state index contributed by atoms with van der Waals surface area (Å²) in [4.78, 5) is 25.3. The molecule has 4 atom stereocenters. The van der Waals surface area contributed by atoms with Gasteiger partial charge in [-0.25, -0.2) is 0 Å². The minimum absolute atomic E-state index is 0.138. The first-order valence-electron chi connectivity index (χ1n) is 6.94. The quantitative estimate of drug-likeness (QED) is 0.718. The minimum Gasteiger partial charge on any atom is -0.351 e. The molecule has 0 radical (unpaired) electrons. The van der Waals surface area contributed by atoms with Crippen molar-refractivity contribution in [2.24, 2.45) is 5.92 Å². The Balaban J connectivity index is 1.54. The van der Waals surface area contributed by atoms with Gasteiger partial charge in [0.1, 0.15) is 0 Å². The fourth-order valence-corrected chi connectivity index (χ4v) is 3.55. The number of fused-ring (bicyclic) bond motifs is 2. The van der Waals surface area contributed by atoms with Gasteiger partial charge in [-0.2, -0.15) is 0 Å². The lowest BCUT2D eigenvalue weighted by Crippen LogP contribution is -2.51. The predicted molar refractivity (Wildman–Crippen MR) is 66.9 cm³/mol. The van der Waals surface area contributed by atoms with Gasteiger partial charge in [-0.15, -0.1) is 0 Å². The Morgan fingerprint density at radius 1 is 1.39 bits per heavy atom. The molecule has 3 rings (SSSR count). The standard InChI is InChI=1S/C13H21N3O2/c1-16-7-9(3-5-12(16)17)15-13(18)10-6-8-2-4-11(10)14-8/h8-11,14H,2-7H2,1H3,(H,15,18). The molecule has 2 bridgehead atoms. The molecular formula is C13H21N3O2. The normalized spacial score (nSPS) is 39.2. The van der Waals surface area contributed by atoms with Crippen LogP contribution in [-0.4, -0.2) is 48.4 Å². The zero-order valence-electron chi connectivity index (χ0n) is 10.8. The molecule has 0 aromatic carbocycles. The SMILES string of the molecule is CN1CC(NC(=O)C2CC3CCC2N3)CCC1=O. The molecule has 2 N–H and O–H groups in total. The van der Waals surface area contributed by atoms with Crippen molar-refractivity contribution < 1.29 is 9.59 Å². The van der Waals surface area contributed by atoms with E-state index >= 15 is 0 Å². The summed E-state index contributed by atoms with van der Waals surface area (Å²) < 4.78 is 0. The van der Waals surface area contributed by atoms with E-state index < -0.39 is 0 Å². The van der Waals surface area contributed by atoms with Crippen LogP contribution in [0.3, 0.4) is 0 Å². The van der Waals surface area contributed by atoms with Gasteiger partial charge in [-0.1, -0.05) is 0 Å². The van der Waals surface area contributed by atoms with E-state index in [0.29, 0.717) is 25.0 Å². The van der Waals surface area contributed by atoms with Crippen LogP contribution in [0.4, 0.5) is 0 Å². The first kappa shape index (κ1) is 12.0. The van der Waals surface area contributed by atoms with Gasteiger partial charge in [0.2, 0.25) is 11.8 Å². The van der Waals surface area contributed by atoms with Crippen molar-refractivity contribution in [2.45, 2.75) is 50.2 Å². The highest BCUT2D eigenvalue weighted by Gasteiger charge is 2.43. The van der Waals surface area contributed by atoms with Gasteiger partial charge in [-0.3, -0.25) is 9.59 Å². The Kier molecular flexibility index (Phi) is 3.01. The highest BCUT2D eigenvalue weighted by Crippen LogP contribution is 2.33. The van der Waals surface area contributed by atoms with Crippen LogP contribution in [-0.2, 0) is 9.59 Å². The number of nitrogens with one attached hydrogen (secondary N) is 2. The van der Waals surface area contributed by atoms with Gasteiger partial charge in [-0.05, 0) is 25.7 Å². The number of carbonyl (C=O) groups is 2. The number of likely N-dealkylation sites (N-methyl/N-ethyl adjacent to an activating group) is 1. The molecule has 5 heteroatoms. The Morgan fingerprint density at radius 2 is 2.22 bits per heavy atom. The molecule has 0 spiro atoms. The van der Waals surface area contributed by atoms with Crippen LogP contribution >= 0.6 is 0 Å². The molecule has 0 saturated carbocycles. The van der Waals surface area contributed by atoms with Gasteiger partial charge in [0.05, 0.1) is 5.92 Å². The van der Waals surface area contributed by atoms with Crippen LogP contribution < -0.4 is 10.6 Å². The molecule has 2 amide bonds. The van der Waals surface area contributed by atoms with E-state index in [1.165, 1.54) is 6.42 Å². The maximum Gasteiger partial charge on any atom is 0.225 e. The fourth-order valence-electron chi connectivity index (χ4n) is 3.55. The maximum absolute atomic E-state index is 12.2. The molecule has 4 unspecified atom stereocenters. The fraction of sp³-hybridized carbons (Fsp3) is 0.846. The molecule has 100 valence electrons. The van der Waals surface area contributed by atoms with Crippen molar-refractivity contribution in [3.05, 3.63) is 0 Å². The molecule has 3 aliphatic rings. The van der Waals surface area contributed by atoms with E-state index in [1.807, 2.05) is 0 Å². The molecule has 0 aliphatic carbocycles. The van der Waals surface area contributed by atoms with Gasteiger partial charge in [0.25, 0.3) is 0 Å². The summed E-state index contributed by atoms with van der Waals surface area (Å²) in [5.41, 5.74) is 0. The van der Waals surface area contributed by atoms with Gasteiger partial charge in [0.15, 0.2) is 0 Å². The largest absolute Gasteiger partial charge is 0.351 e. The van der Waals surface area contributed by atoms with E-state index in [-0.39, 0.29) is 23.8 Å². The van der Waals surface area contributed by atoms with Gasteiger partial charge < -0.3 is 15.5 Å². The van der Waals surface area contributed by atoms with Crippen LogP contribution in [0.1, 0.15) is 32.1 Å². The summed E-state index contributed by atoms with van der Waals surface area (Å²) in [5.74, 6) is 0.510. The van der Waals surface area contributed by atoms with Crippen molar-refractivity contribution in [1.82, 2.24) is 15.5 Å². The van der Waals surface area contributed by atoms with Gasteiger partial charge in [0, 0.05) is 38.1 Å². The first-order valence-corrected chi connectivity index (χ1v) is 6.94. The van der Waals surface area contributed by atoms with Crippen molar-refractivity contribution in [1.29, 1.82) is 0 Å². The second-order valence-corrected chi connectivity index (χ2v) is 5.91. The molecular weight excluding hydrogens is 230 g/mol. The lowest BCUT2D eigenvalue weighted by Gasteiger charge is -2.31. The zero-order chi connectivity index (χ0) is 12.7. The summed E-state index contributed by atoms with van der Waals surface area (Å²) >= 11 is 0. The predicted octanol–water partition coefficient (Wildman–Crippen LogP) is -0.136. The number of nitrogens with zero attached hydrogens (tertiary/aromatic N) is 1. The van der Waals surface area contributed by atoms with Crippen LogP contribution in [0.5, 0.6) is 0 Å². The summed E-state index contributed by atoms with van der Waals surface area (Å²) in [7, 11) is 1.81. The first-order chi connectivity index (χ1) is 8.63. The second-order valence-electron chi connectivity index (χ2n) is 5.91. The zero-order valence-corrected chi connectivity index (χ0v) is 10.8. The van der Waals surface area contributed by atoms with Gasteiger partial charge >= 0.3 is 0 Å². The highest BCUT2D eigenvalue weighted by atomic mass is 16.2. The number of carbonyl (C=O) groups excluding carboxylic acids is 2. The molecule has 0 aromatic heterocycles. The van der Waals surface area contributed by atoms with Crippen LogP contribution in [0.25, 0.3) is 0 Å². The summed E-state index contributed by atoms with van der Waals surface area (Å²) in [5, 5.41) is 6.61. The monoisotopic (exact) mass is 251 g/mol. The van der Waals surface area contributed by atoms with Crippen molar-refractivity contribution in [2.75, 3.05) is 13.6 Å². The molecule has 3 saturated heterocycles. The topological polar surface area (TPSA) is 61.4 Å². The molecule has 0 aromatic rings. The van der Waals surface area contributed by atoms with E-state index in [4.69, 9.17) is 0 Å². The highest BCUT2D eigenvalue weighted by molar-refractivity contribution is 5.81. The average Bonchev–Trinajstić information content (AvgIpc) is 2.96. The van der Waals surface area contributed by atoms with Crippen LogP contribution in [0.15, 0.2) is 0 Å². The Morgan fingerprint density at radius 3 is 2.83 bits per heavy atom. The number of hydrogen-bond donors (Lipinski definition) is 2. The third-order valence-corrected chi connectivity index (χ3v) is 4.61. The van der Waals surface area contributed by atoms with E-state index in [0.717, 1.165) is 19.3 Å². The molecule has 3 aliphatic heterocycles.